The number of oxazole rings is 1. The lowest BCUT2D eigenvalue weighted by Crippen LogP contribution is -2.27. The van der Waals surface area contributed by atoms with Crippen LogP contribution in [-0.2, 0) is 4.79 Å². The zero-order chi connectivity index (χ0) is 31.4. The summed E-state index contributed by atoms with van der Waals surface area (Å²) in [5, 5.41) is 7.51. The molecule has 0 bridgehead atoms. The number of amides is 1. The standard InChI is InChI=1S/C35H36N8O3/c1-4-32(44)38-27-13-28(31(45-3)14-30(27)42-18-21-16-41(2)17-22(21)19-42)39-35-37-15-25(34-36-11-12-46-34)33(40-35)26-20-43(23-9-10-23)29-8-6-5-7-24(26)29/h4-8,11-15,20-23H,1,9-10,16-19H2,2-3H3,(H,38,44)(H,37,39,40)/t21-,22+. The van der Waals surface area contributed by atoms with Crippen LogP contribution in [0.2, 0.25) is 0 Å². The Hall–Kier alpha value is -5.16. The van der Waals surface area contributed by atoms with Crippen molar-refractivity contribution in [2.45, 2.75) is 18.9 Å². The second-order valence-electron chi connectivity index (χ2n) is 12.5. The highest BCUT2D eigenvalue weighted by Gasteiger charge is 2.39. The zero-order valence-corrected chi connectivity index (χ0v) is 25.9. The van der Waals surface area contributed by atoms with Gasteiger partial charge in [-0.3, -0.25) is 4.79 Å². The Bertz CT molecular complexity index is 1930. The van der Waals surface area contributed by atoms with Gasteiger partial charge in [0, 0.05) is 67.1 Å². The lowest BCUT2D eigenvalue weighted by atomic mass is 10.0. The molecule has 2 saturated heterocycles. The number of aromatic nitrogens is 4. The van der Waals surface area contributed by atoms with Crippen LogP contribution in [0.5, 0.6) is 5.75 Å². The van der Waals surface area contributed by atoms with Crippen LogP contribution in [0.25, 0.3) is 33.6 Å². The summed E-state index contributed by atoms with van der Waals surface area (Å²) in [6.45, 7) is 7.66. The molecule has 2 aliphatic heterocycles. The third-order valence-corrected chi connectivity index (χ3v) is 9.40. The second-order valence-corrected chi connectivity index (χ2v) is 12.5. The van der Waals surface area contributed by atoms with Crippen molar-refractivity contribution in [3.63, 3.8) is 0 Å². The number of hydrogen-bond donors (Lipinski definition) is 2. The Balaban J connectivity index is 1.20. The lowest BCUT2D eigenvalue weighted by molar-refractivity contribution is -0.111. The summed E-state index contributed by atoms with van der Waals surface area (Å²) in [6, 6.07) is 12.8. The molecule has 234 valence electrons. The molecule has 2 aromatic carbocycles. The fourth-order valence-corrected chi connectivity index (χ4v) is 7.13. The molecule has 0 unspecified atom stereocenters. The molecule has 1 amide bonds. The van der Waals surface area contributed by atoms with Gasteiger partial charge >= 0.3 is 0 Å². The first-order valence-electron chi connectivity index (χ1n) is 15.7. The minimum Gasteiger partial charge on any atom is -0.494 e. The molecule has 11 nitrogen and oxygen atoms in total. The normalized spacial score (nSPS) is 19.4. The van der Waals surface area contributed by atoms with E-state index in [0.717, 1.165) is 55.7 Å². The number of anilines is 4. The fourth-order valence-electron chi connectivity index (χ4n) is 7.13. The third-order valence-electron chi connectivity index (χ3n) is 9.40. The monoisotopic (exact) mass is 616 g/mol. The van der Waals surface area contributed by atoms with Gasteiger partial charge < -0.3 is 34.2 Å². The molecule has 2 N–H and O–H groups in total. The van der Waals surface area contributed by atoms with E-state index in [1.807, 2.05) is 18.2 Å². The van der Waals surface area contributed by atoms with E-state index in [1.54, 1.807) is 25.8 Å². The van der Waals surface area contributed by atoms with E-state index in [0.29, 0.717) is 58.1 Å². The number of nitrogens with one attached hydrogen (secondary N) is 2. The van der Waals surface area contributed by atoms with Gasteiger partial charge in [0.25, 0.3) is 0 Å². The van der Waals surface area contributed by atoms with Gasteiger partial charge in [-0.15, -0.1) is 0 Å². The maximum absolute atomic E-state index is 12.6. The molecule has 8 rings (SSSR count). The summed E-state index contributed by atoms with van der Waals surface area (Å²) in [7, 11) is 3.82. The largest absolute Gasteiger partial charge is 0.494 e. The second kappa shape index (κ2) is 11.3. The first kappa shape index (κ1) is 28.3. The smallest absolute Gasteiger partial charge is 0.247 e. The number of carbonyl (C=O) groups excluding carboxylic acids is 1. The number of likely N-dealkylation sites (tertiary alicyclic amines) is 1. The number of ether oxygens (including phenoxy) is 1. The summed E-state index contributed by atoms with van der Waals surface area (Å²) >= 11 is 0. The number of carbonyl (C=O) groups is 1. The third kappa shape index (κ3) is 5.06. The van der Waals surface area contributed by atoms with Crippen molar-refractivity contribution in [2.24, 2.45) is 11.8 Å². The summed E-state index contributed by atoms with van der Waals surface area (Å²) in [4.78, 5) is 31.5. The Morgan fingerprint density at radius 3 is 2.59 bits per heavy atom. The van der Waals surface area contributed by atoms with Gasteiger partial charge in [-0.2, -0.15) is 0 Å². The predicted molar refractivity (Wildman–Crippen MR) is 179 cm³/mol. The minimum atomic E-state index is -0.280. The first-order valence-corrected chi connectivity index (χ1v) is 15.7. The number of hydrogen-bond acceptors (Lipinski definition) is 9. The van der Waals surface area contributed by atoms with E-state index in [9.17, 15) is 4.79 Å². The first-order chi connectivity index (χ1) is 22.5. The van der Waals surface area contributed by atoms with E-state index in [1.165, 1.54) is 11.6 Å². The number of para-hydroxylation sites is 1. The molecule has 1 aliphatic carbocycles. The number of methoxy groups -OCH3 is 1. The summed E-state index contributed by atoms with van der Waals surface area (Å²) in [5.41, 5.74) is 5.77. The Labute approximate surface area is 266 Å². The zero-order valence-electron chi connectivity index (χ0n) is 25.9. The average Bonchev–Trinajstić information content (AvgIpc) is 3.36. The number of fused-ring (bicyclic) bond motifs is 2. The van der Waals surface area contributed by atoms with Gasteiger partial charge in [-0.05, 0) is 49.9 Å². The van der Waals surface area contributed by atoms with Crippen molar-refractivity contribution in [3.05, 3.63) is 73.9 Å². The topological polar surface area (TPSA) is 114 Å². The van der Waals surface area contributed by atoms with E-state index in [2.05, 4.69) is 73.0 Å². The molecule has 46 heavy (non-hydrogen) atoms. The van der Waals surface area contributed by atoms with Gasteiger partial charge in [-0.1, -0.05) is 24.8 Å². The highest BCUT2D eigenvalue weighted by Crippen LogP contribution is 2.44. The van der Waals surface area contributed by atoms with Crippen LogP contribution in [0.15, 0.2) is 78.3 Å². The Morgan fingerprint density at radius 1 is 1.07 bits per heavy atom. The molecule has 1 saturated carbocycles. The van der Waals surface area contributed by atoms with E-state index < -0.39 is 0 Å². The molecular weight excluding hydrogens is 580 g/mol. The van der Waals surface area contributed by atoms with Crippen LogP contribution in [0, 0.1) is 11.8 Å². The lowest BCUT2D eigenvalue weighted by Gasteiger charge is -2.26. The van der Waals surface area contributed by atoms with Crippen molar-refractivity contribution in [2.75, 3.05) is 55.9 Å². The molecule has 3 aliphatic rings. The summed E-state index contributed by atoms with van der Waals surface area (Å²) in [6.07, 6.45) is 10.7. The molecule has 0 spiro atoms. The van der Waals surface area contributed by atoms with Gasteiger partial charge in [0.2, 0.25) is 17.7 Å². The van der Waals surface area contributed by atoms with E-state index >= 15 is 0 Å². The van der Waals surface area contributed by atoms with Crippen LogP contribution in [0.3, 0.4) is 0 Å². The van der Waals surface area contributed by atoms with Crippen LogP contribution in [-0.4, -0.2) is 70.7 Å². The minimum absolute atomic E-state index is 0.280. The summed E-state index contributed by atoms with van der Waals surface area (Å²) < 4.78 is 14.0. The molecule has 5 heterocycles. The Morgan fingerprint density at radius 2 is 1.87 bits per heavy atom. The van der Waals surface area contributed by atoms with Gasteiger partial charge in [0.15, 0.2) is 0 Å². The van der Waals surface area contributed by atoms with E-state index in [4.69, 9.17) is 14.1 Å². The number of nitrogens with zero attached hydrogens (tertiary/aromatic N) is 6. The quantitative estimate of drug-likeness (QED) is 0.194. The van der Waals surface area contributed by atoms with Crippen molar-refractivity contribution in [3.8, 4) is 28.5 Å². The van der Waals surface area contributed by atoms with Crippen molar-refractivity contribution < 1.29 is 13.9 Å². The highest BCUT2D eigenvalue weighted by atomic mass is 16.5. The molecule has 5 aromatic rings. The van der Waals surface area contributed by atoms with Crippen molar-refractivity contribution in [1.82, 2.24) is 24.4 Å². The van der Waals surface area contributed by atoms with Crippen molar-refractivity contribution >= 4 is 39.8 Å². The fraction of sp³-hybridized carbons (Fsp3) is 0.314. The molecule has 3 fully saturated rings. The average molecular weight is 617 g/mol. The molecule has 2 atom stereocenters. The molecule has 3 aromatic heterocycles. The maximum Gasteiger partial charge on any atom is 0.247 e. The van der Waals surface area contributed by atoms with E-state index in [-0.39, 0.29) is 5.91 Å². The van der Waals surface area contributed by atoms with Crippen LogP contribution < -0.4 is 20.3 Å². The van der Waals surface area contributed by atoms with Crippen LogP contribution in [0.4, 0.5) is 23.0 Å². The molecular formula is C35H36N8O3. The number of rotatable bonds is 9. The van der Waals surface area contributed by atoms with Crippen LogP contribution >= 0.6 is 0 Å². The predicted octanol–water partition coefficient (Wildman–Crippen LogP) is 5.96. The van der Waals surface area contributed by atoms with Crippen LogP contribution in [0.1, 0.15) is 18.9 Å². The van der Waals surface area contributed by atoms with Gasteiger partial charge in [0.05, 0.1) is 41.6 Å². The molecule has 11 heteroatoms. The van der Waals surface area contributed by atoms with Gasteiger partial charge in [0.1, 0.15) is 12.0 Å². The molecule has 0 radical (unpaired) electrons. The maximum atomic E-state index is 12.6. The number of benzene rings is 2. The highest BCUT2D eigenvalue weighted by molar-refractivity contribution is 6.02. The summed E-state index contributed by atoms with van der Waals surface area (Å²) in [5.74, 6) is 2.35. The SMILES string of the molecule is C=CC(=O)Nc1cc(Nc2ncc(-c3ncco3)c(-c3cn(C4CC4)c4ccccc34)n2)c(OC)cc1N1C[C@H]2CN(C)C[C@H]2C1. The van der Waals surface area contributed by atoms with Gasteiger partial charge in [-0.25, -0.2) is 15.0 Å². The van der Waals surface area contributed by atoms with Crippen molar-refractivity contribution in [1.29, 1.82) is 0 Å². The Kier molecular flexibility index (Phi) is 6.97.